The van der Waals surface area contributed by atoms with Gasteiger partial charge in [-0.3, -0.25) is 0 Å². The van der Waals surface area contributed by atoms with Crippen molar-refractivity contribution >= 4 is 5.97 Å². The molecule has 0 radical (unpaired) electrons. The monoisotopic (exact) mass is 240 g/mol. The minimum atomic E-state index is -1.78. The highest BCUT2D eigenvalue weighted by Crippen LogP contribution is 2.33. The molecule has 0 bridgehead atoms. The smallest absolute Gasteiger partial charge is 0.342 e. The standard InChI is InChI=1S/C12H16O5/c1-12(14,11(13)17-4)9-7-8(15-2)5-6-10(9)16-3/h5-7,14H,1-4H3. The first kappa shape index (κ1) is 13.3. The Morgan fingerprint density at radius 2 is 1.88 bits per heavy atom. The number of hydrogen-bond donors (Lipinski definition) is 1. The molecule has 0 spiro atoms. The largest absolute Gasteiger partial charge is 0.497 e. The van der Waals surface area contributed by atoms with E-state index in [4.69, 9.17) is 9.47 Å². The molecule has 0 aliphatic carbocycles. The molecule has 0 heterocycles. The van der Waals surface area contributed by atoms with Gasteiger partial charge in [0, 0.05) is 5.56 Å². The molecule has 1 aromatic rings. The summed E-state index contributed by atoms with van der Waals surface area (Å²) in [5, 5.41) is 10.2. The molecular weight excluding hydrogens is 224 g/mol. The van der Waals surface area contributed by atoms with Gasteiger partial charge < -0.3 is 19.3 Å². The molecule has 5 heteroatoms. The molecule has 1 N–H and O–H groups in total. The molecule has 0 saturated heterocycles. The van der Waals surface area contributed by atoms with Crippen LogP contribution >= 0.6 is 0 Å². The quantitative estimate of drug-likeness (QED) is 0.798. The molecule has 0 saturated carbocycles. The summed E-state index contributed by atoms with van der Waals surface area (Å²) in [7, 11) is 4.17. The number of methoxy groups -OCH3 is 3. The highest BCUT2D eigenvalue weighted by molar-refractivity contribution is 5.81. The lowest BCUT2D eigenvalue weighted by molar-refractivity contribution is -0.161. The Labute approximate surface area is 99.9 Å². The van der Waals surface area contributed by atoms with Crippen LogP contribution in [0.2, 0.25) is 0 Å². The Balaban J connectivity index is 3.31. The Morgan fingerprint density at radius 1 is 1.24 bits per heavy atom. The van der Waals surface area contributed by atoms with Crippen LogP contribution < -0.4 is 9.47 Å². The first-order chi connectivity index (χ1) is 7.97. The zero-order valence-electron chi connectivity index (χ0n) is 10.3. The second-order valence-corrected chi connectivity index (χ2v) is 3.63. The summed E-state index contributed by atoms with van der Waals surface area (Å²) in [6, 6.07) is 4.83. The Hall–Kier alpha value is -1.75. The fourth-order valence-electron chi connectivity index (χ4n) is 1.50. The third-order valence-electron chi connectivity index (χ3n) is 2.51. The SMILES string of the molecule is COC(=O)C(C)(O)c1cc(OC)ccc1OC. The average molecular weight is 240 g/mol. The van der Waals surface area contributed by atoms with Crippen molar-refractivity contribution in [3.8, 4) is 11.5 Å². The Bertz CT molecular complexity index is 411. The third-order valence-corrected chi connectivity index (χ3v) is 2.51. The average Bonchev–Trinajstić information content (AvgIpc) is 2.36. The second-order valence-electron chi connectivity index (χ2n) is 3.63. The highest BCUT2D eigenvalue weighted by atomic mass is 16.5. The molecule has 17 heavy (non-hydrogen) atoms. The topological polar surface area (TPSA) is 65.0 Å². The van der Waals surface area contributed by atoms with Crippen LogP contribution in [0.25, 0.3) is 0 Å². The first-order valence-electron chi connectivity index (χ1n) is 5.00. The van der Waals surface area contributed by atoms with Crippen LogP contribution in [0.4, 0.5) is 0 Å². The van der Waals surface area contributed by atoms with Crippen LogP contribution in [0.1, 0.15) is 12.5 Å². The zero-order chi connectivity index (χ0) is 13.1. The van der Waals surface area contributed by atoms with Crippen molar-refractivity contribution in [3.05, 3.63) is 23.8 Å². The molecular formula is C12H16O5. The van der Waals surface area contributed by atoms with Crippen molar-refractivity contribution in [3.63, 3.8) is 0 Å². The second kappa shape index (κ2) is 5.05. The third kappa shape index (κ3) is 2.50. The Morgan fingerprint density at radius 3 is 2.35 bits per heavy atom. The minimum absolute atomic E-state index is 0.297. The van der Waals surface area contributed by atoms with Crippen LogP contribution in [-0.4, -0.2) is 32.4 Å². The predicted molar refractivity (Wildman–Crippen MR) is 61.1 cm³/mol. The van der Waals surface area contributed by atoms with E-state index in [0.717, 1.165) is 0 Å². The molecule has 0 aliphatic heterocycles. The van der Waals surface area contributed by atoms with Crippen LogP contribution in [-0.2, 0) is 15.1 Å². The maximum absolute atomic E-state index is 11.5. The van der Waals surface area contributed by atoms with Crippen molar-refractivity contribution < 1.29 is 24.1 Å². The lowest BCUT2D eigenvalue weighted by Gasteiger charge is -2.23. The van der Waals surface area contributed by atoms with Gasteiger partial charge >= 0.3 is 5.97 Å². The molecule has 94 valence electrons. The van der Waals surface area contributed by atoms with E-state index in [1.807, 2.05) is 0 Å². The number of aliphatic hydroxyl groups is 1. The van der Waals surface area contributed by atoms with Crippen molar-refractivity contribution in [1.82, 2.24) is 0 Å². The summed E-state index contributed by atoms with van der Waals surface area (Å²) in [6.07, 6.45) is 0. The van der Waals surface area contributed by atoms with Crippen LogP contribution in [0.15, 0.2) is 18.2 Å². The number of esters is 1. The van der Waals surface area contributed by atoms with E-state index in [-0.39, 0.29) is 0 Å². The van der Waals surface area contributed by atoms with Gasteiger partial charge in [0.1, 0.15) is 11.5 Å². The lowest BCUT2D eigenvalue weighted by Crippen LogP contribution is -2.33. The number of rotatable bonds is 4. The summed E-state index contributed by atoms with van der Waals surface area (Å²) >= 11 is 0. The van der Waals surface area contributed by atoms with Crippen molar-refractivity contribution in [2.75, 3.05) is 21.3 Å². The maximum atomic E-state index is 11.5. The molecule has 0 amide bonds. The molecule has 0 aliphatic rings. The van der Waals surface area contributed by atoms with Gasteiger partial charge in [0.05, 0.1) is 21.3 Å². The van der Waals surface area contributed by atoms with Gasteiger partial charge in [-0.15, -0.1) is 0 Å². The van der Waals surface area contributed by atoms with Crippen LogP contribution in [0.5, 0.6) is 11.5 Å². The minimum Gasteiger partial charge on any atom is -0.497 e. The van der Waals surface area contributed by atoms with E-state index in [0.29, 0.717) is 17.1 Å². The van der Waals surface area contributed by atoms with Gasteiger partial charge in [0.2, 0.25) is 0 Å². The van der Waals surface area contributed by atoms with Crippen molar-refractivity contribution in [2.24, 2.45) is 0 Å². The van der Waals surface area contributed by atoms with E-state index >= 15 is 0 Å². The summed E-state index contributed by atoms with van der Waals surface area (Å²) < 4.78 is 14.7. The van der Waals surface area contributed by atoms with Crippen molar-refractivity contribution in [2.45, 2.75) is 12.5 Å². The van der Waals surface area contributed by atoms with E-state index < -0.39 is 11.6 Å². The first-order valence-corrected chi connectivity index (χ1v) is 5.00. The van der Waals surface area contributed by atoms with Gasteiger partial charge in [0.25, 0.3) is 0 Å². The van der Waals surface area contributed by atoms with Gasteiger partial charge in [-0.1, -0.05) is 0 Å². The Kier molecular flexibility index (Phi) is 3.96. The molecule has 1 rings (SSSR count). The van der Waals surface area contributed by atoms with E-state index in [2.05, 4.69) is 4.74 Å². The summed E-state index contributed by atoms with van der Waals surface area (Å²) in [5.41, 5.74) is -1.49. The number of benzene rings is 1. The number of hydrogen-bond acceptors (Lipinski definition) is 5. The maximum Gasteiger partial charge on any atom is 0.342 e. The number of ether oxygens (including phenoxy) is 3. The summed E-state index contributed by atoms with van der Waals surface area (Å²) in [6.45, 7) is 1.34. The lowest BCUT2D eigenvalue weighted by atomic mass is 9.95. The molecule has 1 unspecified atom stereocenters. The highest BCUT2D eigenvalue weighted by Gasteiger charge is 2.36. The van der Waals surface area contributed by atoms with E-state index in [1.54, 1.807) is 12.1 Å². The van der Waals surface area contributed by atoms with Crippen LogP contribution in [0.3, 0.4) is 0 Å². The van der Waals surface area contributed by atoms with Gasteiger partial charge in [-0.25, -0.2) is 4.79 Å². The fraction of sp³-hybridized carbons (Fsp3) is 0.417. The fourth-order valence-corrected chi connectivity index (χ4v) is 1.50. The molecule has 5 nitrogen and oxygen atoms in total. The summed E-state index contributed by atoms with van der Waals surface area (Å²) in [4.78, 5) is 11.5. The van der Waals surface area contributed by atoms with Crippen LogP contribution in [0, 0.1) is 0 Å². The van der Waals surface area contributed by atoms with Gasteiger partial charge in [0.15, 0.2) is 5.60 Å². The normalized spacial score (nSPS) is 13.7. The summed E-state index contributed by atoms with van der Waals surface area (Å²) in [5.74, 6) is 0.148. The molecule has 1 atom stereocenters. The zero-order valence-corrected chi connectivity index (χ0v) is 10.3. The van der Waals surface area contributed by atoms with E-state index in [9.17, 15) is 9.90 Å². The van der Waals surface area contributed by atoms with Crippen molar-refractivity contribution in [1.29, 1.82) is 0 Å². The number of carbonyl (C=O) groups excluding carboxylic acids is 1. The van der Waals surface area contributed by atoms with Gasteiger partial charge in [-0.2, -0.15) is 0 Å². The molecule has 0 aromatic heterocycles. The molecule has 0 fully saturated rings. The van der Waals surface area contributed by atoms with E-state index in [1.165, 1.54) is 34.3 Å². The molecule has 1 aromatic carbocycles. The predicted octanol–water partition coefficient (Wildman–Crippen LogP) is 1.08. The number of carbonyl (C=O) groups is 1. The van der Waals surface area contributed by atoms with Gasteiger partial charge in [-0.05, 0) is 25.1 Å².